The fraction of sp³-hybridized carbons (Fsp3) is 0.308. The number of alkyl halides is 2. The quantitative estimate of drug-likeness (QED) is 0.295. The number of anilines is 2. The summed E-state index contributed by atoms with van der Waals surface area (Å²) in [7, 11) is 0. The fourth-order valence-electron chi connectivity index (χ4n) is 4.58. The van der Waals surface area contributed by atoms with Crippen LogP contribution in [0.15, 0.2) is 53.5 Å². The number of hydrogen-bond acceptors (Lipinski definition) is 9. The van der Waals surface area contributed by atoms with Crippen molar-refractivity contribution in [2.24, 2.45) is 0 Å². The summed E-state index contributed by atoms with van der Waals surface area (Å²) in [4.78, 5) is 40.6. The molecule has 2 heterocycles. The van der Waals surface area contributed by atoms with E-state index < -0.39 is 42.6 Å². The normalized spacial score (nSPS) is 21.3. The number of carbonyl (C=O) groups is 2. The maximum absolute atomic E-state index is 14.3. The lowest BCUT2D eigenvalue weighted by molar-refractivity contribution is -0.141. The van der Waals surface area contributed by atoms with Crippen LogP contribution in [0, 0.1) is 0 Å². The first-order valence-electron chi connectivity index (χ1n) is 12.0. The van der Waals surface area contributed by atoms with Crippen molar-refractivity contribution in [3.63, 3.8) is 0 Å². The van der Waals surface area contributed by atoms with E-state index in [9.17, 15) is 28.3 Å². The molecule has 2 aliphatic rings. The van der Waals surface area contributed by atoms with E-state index in [0.717, 1.165) is 28.6 Å². The molecule has 0 spiro atoms. The zero-order chi connectivity index (χ0) is 27.7. The van der Waals surface area contributed by atoms with Crippen LogP contribution in [0.5, 0.6) is 0 Å². The van der Waals surface area contributed by atoms with Crippen LogP contribution in [0.3, 0.4) is 0 Å². The van der Waals surface area contributed by atoms with Gasteiger partial charge in [-0.25, -0.2) is 4.79 Å². The van der Waals surface area contributed by atoms with Gasteiger partial charge in [0.05, 0.1) is 18.8 Å². The van der Waals surface area contributed by atoms with Gasteiger partial charge >= 0.3 is 11.6 Å². The second-order valence-corrected chi connectivity index (χ2v) is 8.99. The summed E-state index contributed by atoms with van der Waals surface area (Å²) in [6.45, 7) is -0.820. The molecular weight excluding hydrogens is 518 g/mol. The number of carbonyl (C=O) groups excluding carboxylic acids is 2. The minimum atomic E-state index is -3.84. The molecule has 0 unspecified atom stereocenters. The summed E-state index contributed by atoms with van der Waals surface area (Å²) in [6.07, 6.45) is -1.78. The van der Waals surface area contributed by atoms with Gasteiger partial charge in [-0.15, -0.1) is 0 Å². The monoisotopic (exact) mass is 542 g/mol. The molecule has 4 N–H and O–H groups in total. The number of halogens is 2. The van der Waals surface area contributed by atoms with Gasteiger partial charge in [-0.05, 0) is 29.2 Å². The van der Waals surface area contributed by atoms with Crippen molar-refractivity contribution in [2.75, 3.05) is 37.0 Å². The average Bonchev–Trinajstić information content (AvgIpc) is 3.14. The van der Waals surface area contributed by atoms with Crippen molar-refractivity contribution in [3.8, 4) is 0 Å². The van der Waals surface area contributed by atoms with E-state index in [0.29, 0.717) is 22.4 Å². The molecule has 1 aromatic heterocycles. The molecule has 1 amide bonds. The number of aliphatic hydroxyl groups excluding tert-OH is 2. The second-order valence-electron chi connectivity index (χ2n) is 8.99. The molecule has 1 aliphatic heterocycles. The molecule has 3 aromatic rings. The van der Waals surface area contributed by atoms with Crippen molar-refractivity contribution >= 4 is 40.0 Å². The predicted molar refractivity (Wildman–Crippen MR) is 136 cm³/mol. The molecule has 39 heavy (non-hydrogen) atoms. The molecule has 204 valence electrons. The third kappa shape index (κ3) is 5.04. The Bertz CT molecular complexity index is 1520. The van der Waals surface area contributed by atoms with Crippen LogP contribution in [0.2, 0.25) is 0 Å². The van der Waals surface area contributed by atoms with E-state index in [4.69, 9.17) is 14.6 Å². The van der Waals surface area contributed by atoms with Crippen molar-refractivity contribution in [1.29, 1.82) is 0 Å². The number of amides is 1. The van der Waals surface area contributed by atoms with Crippen LogP contribution in [0.1, 0.15) is 22.1 Å². The molecule has 13 heteroatoms. The van der Waals surface area contributed by atoms with Gasteiger partial charge in [0.15, 0.2) is 11.9 Å². The summed E-state index contributed by atoms with van der Waals surface area (Å²) < 4.78 is 39.3. The molecule has 3 atom stereocenters. The van der Waals surface area contributed by atoms with Gasteiger partial charge < -0.3 is 30.3 Å². The highest BCUT2D eigenvalue weighted by atomic mass is 19.3. The SMILES string of the molecule is O=C(COCCNc1ccc2cccc3c2c1C(=O)C=C3)Nc1ccn([C@H]2O[C@@H](CO)[C@@H](O)C2(F)F)c(=O)n1. The molecule has 0 radical (unpaired) electrons. The van der Waals surface area contributed by atoms with Crippen LogP contribution in [-0.2, 0) is 14.3 Å². The zero-order valence-electron chi connectivity index (χ0n) is 20.3. The third-order valence-corrected chi connectivity index (χ3v) is 6.44. The Morgan fingerprint density at radius 3 is 2.74 bits per heavy atom. The molecule has 1 saturated heterocycles. The summed E-state index contributed by atoms with van der Waals surface area (Å²) in [5.74, 6) is -4.78. The molecule has 1 fully saturated rings. The highest BCUT2D eigenvalue weighted by molar-refractivity contribution is 6.23. The number of ketones is 1. The summed E-state index contributed by atoms with van der Waals surface area (Å²) >= 11 is 0. The van der Waals surface area contributed by atoms with Gasteiger partial charge in [-0.1, -0.05) is 30.3 Å². The van der Waals surface area contributed by atoms with Gasteiger partial charge in [0.2, 0.25) is 6.23 Å². The van der Waals surface area contributed by atoms with Crippen molar-refractivity contribution in [3.05, 3.63) is 70.3 Å². The first-order chi connectivity index (χ1) is 18.7. The van der Waals surface area contributed by atoms with Gasteiger partial charge in [-0.3, -0.25) is 14.2 Å². The number of ether oxygens (including phenoxy) is 2. The largest absolute Gasteiger partial charge is 0.394 e. The summed E-state index contributed by atoms with van der Waals surface area (Å²) in [6, 6.07) is 10.6. The maximum atomic E-state index is 14.3. The van der Waals surface area contributed by atoms with E-state index in [1.165, 1.54) is 6.08 Å². The molecule has 5 rings (SSSR count). The number of aliphatic hydroxyl groups is 2. The lowest BCUT2D eigenvalue weighted by atomic mass is 9.91. The van der Waals surface area contributed by atoms with E-state index in [1.807, 2.05) is 30.3 Å². The van der Waals surface area contributed by atoms with Crippen LogP contribution >= 0.6 is 0 Å². The lowest BCUT2D eigenvalue weighted by Crippen LogP contribution is -2.41. The van der Waals surface area contributed by atoms with Gasteiger partial charge in [0.1, 0.15) is 18.5 Å². The Kier molecular flexibility index (Phi) is 7.23. The standard InChI is InChI=1S/C26H24F2N4O7/c27-26(28)23(36)18(12-33)39-24(26)32-10-8-19(31-25(32)37)30-20(35)13-38-11-9-29-16-6-4-14-2-1-3-15-5-7-17(34)22(16)21(14)15/h1-8,10,18,23-24,29,33,36H,9,11-13H2,(H,30,31,35,37)/t18-,23+,24-/m0/s1. The second kappa shape index (κ2) is 10.6. The molecule has 1 aliphatic carbocycles. The molecule has 0 bridgehead atoms. The lowest BCUT2D eigenvalue weighted by Gasteiger charge is -2.21. The Hall–Kier alpha value is -4.04. The van der Waals surface area contributed by atoms with Crippen molar-refractivity contribution in [2.45, 2.75) is 24.4 Å². The summed E-state index contributed by atoms with van der Waals surface area (Å²) in [5, 5.41) is 26.0. The highest BCUT2D eigenvalue weighted by Gasteiger charge is 2.59. The minimum absolute atomic E-state index is 0.107. The first kappa shape index (κ1) is 26.6. The smallest absolute Gasteiger partial charge is 0.351 e. The number of allylic oxidation sites excluding steroid dienone is 1. The van der Waals surface area contributed by atoms with Crippen LogP contribution in [0.4, 0.5) is 20.3 Å². The molecule has 2 aromatic carbocycles. The Morgan fingerprint density at radius 1 is 1.18 bits per heavy atom. The number of aromatic nitrogens is 2. The Balaban J connectivity index is 1.13. The van der Waals surface area contributed by atoms with Crippen LogP contribution in [0.25, 0.3) is 16.8 Å². The highest BCUT2D eigenvalue weighted by Crippen LogP contribution is 2.42. The summed E-state index contributed by atoms with van der Waals surface area (Å²) in [5.41, 5.74) is 1.03. The number of nitrogens with one attached hydrogen (secondary N) is 2. The average molecular weight is 542 g/mol. The van der Waals surface area contributed by atoms with E-state index in [2.05, 4.69) is 15.6 Å². The van der Waals surface area contributed by atoms with Crippen molar-refractivity contribution in [1.82, 2.24) is 9.55 Å². The molecule has 11 nitrogen and oxygen atoms in total. The van der Waals surface area contributed by atoms with Gasteiger partial charge in [-0.2, -0.15) is 13.8 Å². The van der Waals surface area contributed by atoms with Crippen LogP contribution < -0.4 is 16.3 Å². The predicted octanol–water partition coefficient (Wildman–Crippen LogP) is 1.56. The number of hydrogen-bond donors (Lipinski definition) is 4. The molecular formula is C26H24F2N4O7. The third-order valence-electron chi connectivity index (χ3n) is 6.44. The van der Waals surface area contributed by atoms with Crippen LogP contribution in [-0.4, -0.2) is 76.0 Å². The molecule has 0 saturated carbocycles. The number of benzene rings is 2. The van der Waals surface area contributed by atoms with E-state index >= 15 is 0 Å². The Morgan fingerprint density at radius 2 is 2.00 bits per heavy atom. The van der Waals surface area contributed by atoms with E-state index in [-0.39, 0.29) is 24.8 Å². The van der Waals surface area contributed by atoms with Crippen molar-refractivity contribution < 1.29 is 38.1 Å². The fourth-order valence-corrected chi connectivity index (χ4v) is 4.58. The maximum Gasteiger partial charge on any atom is 0.351 e. The topological polar surface area (TPSA) is 152 Å². The van der Waals surface area contributed by atoms with Gasteiger partial charge in [0.25, 0.3) is 5.91 Å². The Labute approximate surface area is 219 Å². The zero-order valence-corrected chi connectivity index (χ0v) is 20.3. The number of nitrogens with zero attached hydrogens (tertiary/aromatic N) is 2. The van der Waals surface area contributed by atoms with Gasteiger partial charge in [0, 0.05) is 23.8 Å². The van der Waals surface area contributed by atoms with E-state index in [1.54, 1.807) is 6.08 Å². The number of rotatable bonds is 9. The minimum Gasteiger partial charge on any atom is -0.394 e. The first-order valence-corrected chi connectivity index (χ1v) is 12.0.